The van der Waals surface area contributed by atoms with E-state index in [0.29, 0.717) is 0 Å². The standard InChI is InChI=1S/C16H26N2OSSi/c1-12(18-13(2)19)14-7-9-15(10-8-14)16(20-3)17-11-21(4,5)6/h7-10,12H,11H2,1-6H3,(H,18,19)/b17-16-. The van der Waals surface area contributed by atoms with E-state index >= 15 is 0 Å². The fourth-order valence-corrected chi connectivity index (χ4v) is 3.20. The number of hydrogen-bond acceptors (Lipinski definition) is 3. The van der Waals surface area contributed by atoms with Crippen LogP contribution in [0, 0.1) is 0 Å². The molecule has 21 heavy (non-hydrogen) atoms. The van der Waals surface area contributed by atoms with Gasteiger partial charge < -0.3 is 5.32 Å². The number of carbonyl (C=O) groups is 1. The molecule has 0 saturated carbocycles. The van der Waals surface area contributed by atoms with Gasteiger partial charge in [0.2, 0.25) is 5.91 Å². The van der Waals surface area contributed by atoms with Crippen molar-refractivity contribution in [3.8, 4) is 0 Å². The lowest BCUT2D eigenvalue weighted by atomic mass is 10.1. The van der Waals surface area contributed by atoms with Crippen molar-refractivity contribution >= 4 is 30.8 Å². The Morgan fingerprint density at radius 1 is 1.29 bits per heavy atom. The van der Waals surface area contributed by atoms with Crippen LogP contribution >= 0.6 is 11.8 Å². The molecule has 0 aliphatic rings. The summed E-state index contributed by atoms with van der Waals surface area (Å²) in [5.74, 6) is -0.00641. The van der Waals surface area contributed by atoms with E-state index < -0.39 is 8.07 Å². The molecule has 0 aliphatic carbocycles. The van der Waals surface area contributed by atoms with Gasteiger partial charge in [-0.3, -0.25) is 9.79 Å². The molecule has 1 aromatic carbocycles. The van der Waals surface area contributed by atoms with Crippen molar-refractivity contribution in [1.29, 1.82) is 0 Å². The third-order valence-electron chi connectivity index (χ3n) is 2.97. The highest BCUT2D eigenvalue weighted by Gasteiger charge is 2.13. The summed E-state index contributed by atoms with van der Waals surface area (Å²) in [6, 6.07) is 8.35. The molecular weight excluding hydrogens is 296 g/mol. The second-order valence-corrected chi connectivity index (χ2v) is 12.7. The van der Waals surface area contributed by atoms with Gasteiger partial charge in [0, 0.05) is 18.7 Å². The zero-order valence-electron chi connectivity index (χ0n) is 13.9. The largest absolute Gasteiger partial charge is 0.350 e. The van der Waals surface area contributed by atoms with Gasteiger partial charge in [0.1, 0.15) is 0 Å². The molecule has 116 valence electrons. The molecule has 1 aromatic rings. The van der Waals surface area contributed by atoms with Gasteiger partial charge in [0.25, 0.3) is 0 Å². The molecule has 1 rings (SSSR count). The van der Waals surface area contributed by atoms with Crippen LogP contribution in [0.15, 0.2) is 29.3 Å². The Morgan fingerprint density at radius 3 is 2.29 bits per heavy atom. The minimum Gasteiger partial charge on any atom is -0.350 e. The summed E-state index contributed by atoms with van der Waals surface area (Å²) < 4.78 is 0. The van der Waals surface area contributed by atoms with Crippen LogP contribution in [0.5, 0.6) is 0 Å². The van der Waals surface area contributed by atoms with E-state index in [9.17, 15) is 4.79 Å². The number of nitrogens with one attached hydrogen (secondary N) is 1. The highest BCUT2D eigenvalue weighted by Crippen LogP contribution is 2.17. The summed E-state index contributed by atoms with van der Waals surface area (Å²) in [5.41, 5.74) is 2.26. The Bertz CT molecular complexity index is 506. The Balaban J connectivity index is 2.87. The van der Waals surface area contributed by atoms with Crippen molar-refractivity contribution in [1.82, 2.24) is 5.32 Å². The van der Waals surface area contributed by atoms with E-state index in [1.54, 1.807) is 18.7 Å². The number of nitrogens with zero attached hydrogens (tertiary/aromatic N) is 1. The Hall–Kier alpha value is -1.07. The van der Waals surface area contributed by atoms with Gasteiger partial charge in [-0.05, 0) is 18.7 Å². The Kier molecular flexibility index (Phi) is 6.68. The molecule has 0 saturated heterocycles. The Morgan fingerprint density at radius 2 is 1.86 bits per heavy atom. The van der Waals surface area contributed by atoms with Crippen LogP contribution in [0.4, 0.5) is 0 Å². The van der Waals surface area contributed by atoms with Crippen molar-refractivity contribution in [3.05, 3.63) is 35.4 Å². The molecule has 0 aromatic heterocycles. The van der Waals surface area contributed by atoms with E-state index in [1.165, 1.54) is 0 Å². The number of benzene rings is 1. The maximum absolute atomic E-state index is 11.1. The molecular formula is C16H26N2OSSi. The molecule has 0 radical (unpaired) electrons. The average molecular weight is 323 g/mol. The molecule has 0 heterocycles. The van der Waals surface area contributed by atoms with E-state index in [4.69, 9.17) is 4.99 Å². The predicted molar refractivity (Wildman–Crippen MR) is 96.9 cm³/mol. The molecule has 0 bridgehead atoms. The molecule has 0 aliphatic heterocycles. The van der Waals surface area contributed by atoms with Gasteiger partial charge in [-0.2, -0.15) is 0 Å². The van der Waals surface area contributed by atoms with Crippen molar-refractivity contribution in [3.63, 3.8) is 0 Å². The first-order chi connectivity index (χ1) is 9.73. The lowest BCUT2D eigenvalue weighted by molar-refractivity contribution is -0.119. The number of thioether (sulfide) groups is 1. The molecule has 5 heteroatoms. The van der Waals surface area contributed by atoms with Crippen LogP contribution in [-0.2, 0) is 4.79 Å². The van der Waals surface area contributed by atoms with Crippen LogP contribution in [0.1, 0.15) is 31.0 Å². The minimum atomic E-state index is -1.16. The number of rotatable bonds is 5. The second kappa shape index (κ2) is 7.80. The van der Waals surface area contributed by atoms with Crippen molar-refractivity contribution in [2.75, 3.05) is 12.4 Å². The predicted octanol–water partition coefficient (Wildman–Crippen LogP) is 3.87. The molecule has 1 amide bonds. The highest BCUT2D eigenvalue weighted by molar-refractivity contribution is 8.13. The maximum atomic E-state index is 11.1. The zero-order valence-corrected chi connectivity index (χ0v) is 15.7. The molecule has 0 spiro atoms. The lowest BCUT2D eigenvalue weighted by Crippen LogP contribution is -2.25. The third kappa shape index (κ3) is 6.48. The number of amides is 1. The highest BCUT2D eigenvalue weighted by atomic mass is 32.2. The normalized spacial score (nSPS) is 13.9. The quantitative estimate of drug-likeness (QED) is 0.508. The topological polar surface area (TPSA) is 41.5 Å². The van der Waals surface area contributed by atoms with Gasteiger partial charge in [0.05, 0.1) is 19.2 Å². The summed E-state index contributed by atoms with van der Waals surface area (Å²) >= 11 is 1.69. The summed E-state index contributed by atoms with van der Waals surface area (Å²) in [4.78, 5) is 15.9. The van der Waals surface area contributed by atoms with E-state index in [0.717, 1.165) is 22.3 Å². The van der Waals surface area contributed by atoms with Crippen molar-refractivity contribution in [2.24, 2.45) is 4.99 Å². The first-order valence-corrected chi connectivity index (χ1v) is 12.1. The fraction of sp³-hybridized carbons (Fsp3) is 0.500. The summed E-state index contributed by atoms with van der Waals surface area (Å²) in [7, 11) is -1.16. The monoisotopic (exact) mass is 322 g/mol. The average Bonchev–Trinajstić information content (AvgIpc) is 2.38. The zero-order chi connectivity index (χ0) is 16.0. The maximum Gasteiger partial charge on any atom is 0.217 e. The second-order valence-electron chi connectivity index (χ2n) is 6.43. The van der Waals surface area contributed by atoms with Crippen LogP contribution in [-0.4, -0.2) is 31.4 Å². The molecule has 1 unspecified atom stereocenters. The first kappa shape index (κ1) is 18.0. The molecule has 1 atom stereocenters. The molecule has 0 fully saturated rings. The molecule has 3 nitrogen and oxygen atoms in total. The van der Waals surface area contributed by atoms with Gasteiger partial charge >= 0.3 is 0 Å². The number of aliphatic imine (C=N–C) groups is 1. The fourth-order valence-electron chi connectivity index (χ4n) is 1.89. The van der Waals surface area contributed by atoms with Crippen LogP contribution < -0.4 is 5.32 Å². The summed E-state index contributed by atoms with van der Waals surface area (Å²) in [6.07, 6.45) is 3.02. The van der Waals surface area contributed by atoms with E-state index in [2.05, 4.69) is 55.5 Å². The van der Waals surface area contributed by atoms with Gasteiger partial charge in [-0.15, -0.1) is 11.8 Å². The summed E-state index contributed by atoms with van der Waals surface area (Å²) in [5, 5.41) is 3.99. The van der Waals surface area contributed by atoms with Crippen molar-refractivity contribution < 1.29 is 4.79 Å². The lowest BCUT2D eigenvalue weighted by Gasteiger charge is -2.15. The smallest absolute Gasteiger partial charge is 0.217 e. The molecule has 1 N–H and O–H groups in total. The van der Waals surface area contributed by atoms with E-state index in [-0.39, 0.29) is 11.9 Å². The van der Waals surface area contributed by atoms with Gasteiger partial charge in [-0.25, -0.2) is 0 Å². The SMILES string of the molecule is CS/C(=N\C[Si](C)(C)C)c1ccc(C(C)NC(C)=O)cc1. The minimum absolute atomic E-state index is 0.00641. The van der Waals surface area contributed by atoms with E-state index in [1.807, 2.05) is 6.92 Å². The summed E-state index contributed by atoms with van der Waals surface area (Å²) in [6.45, 7) is 10.5. The van der Waals surface area contributed by atoms with Crippen LogP contribution in [0.2, 0.25) is 19.6 Å². The van der Waals surface area contributed by atoms with Crippen molar-refractivity contribution in [2.45, 2.75) is 39.5 Å². The van der Waals surface area contributed by atoms with Crippen LogP contribution in [0.3, 0.4) is 0 Å². The number of hydrogen-bond donors (Lipinski definition) is 1. The van der Waals surface area contributed by atoms with Gasteiger partial charge in [0.15, 0.2) is 0 Å². The first-order valence-electron chi connectivity index (χ1n) is 7.19. The third-order valence-corrected chi connectivity index (χ3v) is 4.83. The van der Waals surface area contributed by atoms with Crippen LogP contribution in [0.25, 0.3) is 0 Å². The number of carbonyl (C=O) groups excluding carboxylic acids is 1. The van der Waals surface area contributed by atoms with Gasteiger partial charge in [-0.1, -0.05) is 43.9 Å². The Labute approximate surface area is 133 Å².